The SMILES string of the molecule is COC(=O)c1c(C#CCCO)cnn1C. The summed E-state index contributed by atoms with van der Waals surface area (Å²) in [4.78, 5) is 11.3. The molecule has 5 nitrogen and oxygen atoms in total. The summed E-state index contributed by atoms with van der Waals surface area (Å²) in [6, 6.07) is 0. The average molecular weight is 208 g/mol. The molecule has 15 heavy (non-hydrogen) atoms. The number of carbonyl (C=O) groups is 1. The monoisotopic (exact) mass is 208 g/mol. The number of aliphatic hydroxyl groups is 1. The maximum atomic E-state index is 11.3. The van der Waals surface area contributed by atoms with Gasteiger partial charge in [-0.05, 0) is 0 Å². The van der Waals surface area contributed by atoms with Crippen molar-refractivity contribution in [2.45, 2.75) is 6.42 Å². The fraction of sp³-hybridized carbons (Fsp3) is 0.400. The van der Waals surface area contributed by atoms with Crippen molar-refractivity contribution < 1.29 is 14.6 Å². The number of ether oxygens (including phenoxy) is 1. The quantitative estimate of drug-likeness (QED) is 0.546. The standard InChI is InChI=1S/C10H12N2O3/c1-12-9(10(14)15-2)8(7-11-12)5-3-4-6-13/h7,13H,4,6H2,1-2H3. The molecule has 0 bridgehead atoms. The molecule has 0 atom stereocenters. The summed E-state index contributed by atoms with van der Waals surface area (Å²) in [5.74, 6) is 5.01. The maximum Gasteiger partial charge on any atom is 0.357 e. The highest BCUT2D eigenvalue weighted by molar-refractivity contribution is 5.90. The third-order valence-electron chi connectivity index (χ3n) is 1.78. The third kappa shape index (κ3) is 2.58. The van der Waals surface area contributed by atoms with Crippen LogP contribution in [0, 0.1) is 11.8 Å². The number of aryl methyl sites for hydroxylation is 1. The van der Waals surface area contributed by atoms with Crippen LogP contribution in [-0.2, 0) is 11.8 Å². The summed E-state index contributed by atoms with van der Waals surface area (Å²) in [7, 11) is 2.95. The molecule has 1 heterocycles. The summed E-state index contributed by atoms with van der Waals surface area (Å²) >= 11 is 0. The van der Waals surface area contributed by atoms with E-state index in [1.807, 2.05) is 0 Å². The Morgan fingerprint density at radius 3 is 3.07 bits per heavy atom. The van der Waals surface area contributed by atoms with Crippen LogP contribution in [0.2, 0.25) is 0 Å². The Labute approximate surface area is 87.7 Å². The Morgan fingerprint density at radius 2 is 2.47 bits per heavy atom. The van der Waals surface area contributed by atoms with Gasteiger partial charge in [-0.2, -0.15) is 5.10 Å². The highest BCUT2D eigenvalue weighted by Gasteiger charge is 2.15. The molecule has 0 aliphatic carbocycles. The van der Waals surface area contributed by atoms with Crippen LogP contribution >= 0.6 is 0 Å². The zero-order valence-corrected chi connectivity index (χ0v) is 8.65. The van der Waals surface area contributed by atoms with Gasteiger partial charge in [-0.3, -0.25) is 4.68 Å². The van der Waals surface area contributed by atoms with E-state index in [-0.39, 0.29) is 6.61 Å². The second-order valence-corrected chi connectivity index (χ2v) is 2.80. The van der Waals surface area contributed by atoms with E-state index in [0.29, 0.717) is 17.7 Å². The smallest absolute Gasteiger partial charge is 0.357 e. The Kier molecular flexibility index (Phi) is 3.89. The molecule has 80 valence electrons. The van der Waals surface area contributed by atoms with E-state index in [2.05, 4.69) is 21.7 Å². The Morgan fingerprint density at radius 1 is 1.73 bits per heavy atom. The average Bonchev–Trinajstić information content (AvgIpc) is 2.59. The summed E-state index contributed by atoms with van der Waals surface area (Å²) in [5, 5.41) is 12.5. The van der Waals surface area contributed by atoms with Crippen molar-refractivity contribution in [3.05, 3.63) is 17.5 Å². The number of rotatable bonds is 2. The molecular weight excluding hydrogens is 196 g/mol. The fourth-order valence-electron chi connectivity index (χ4n) is 1.08. The lowest BCUT2D eigenvalue weighted by Gasteiger charge is -1.99. The zero-order chi connectivity index (χ0) is 11.3. The van der Waals surface area contributed by atoms with Gasteiger partial charge in [0.25, 0.3) is 0 Å². The predicted octanol–water partition coefficient (Wildman–Crippen LogP) is -0.0594. The molecule has 0 saturated heterocycles. The number of aliphatic hydroxyl groups excluding tert-OH is 1. The Hall–Kier alpha value is -1.80. The molecule has 1 N–H and O–H groups in total. The van der Waals surface area contributed by atoms with Crippen LogP contribution in [0.3, 0.4) is 0 Å². The van der Waals surface area contributed by atoms with Crippen LogP contribution in [0.15, 0.2) is 6.20 Å². The summed E-state index contributed by atoms with van der Waals surface area (Å²) in [6.07, 6.45) is 1.87. The van der Waals surface area contributed by atoms with Crippen molar-refractivity contribution in [1.82, 2.24) is 9.78 Å². The fourth-order valence-corrected chi connectivity index (χ4v) is 1.08. The summed E-state index contributed by atoms with van der Waals surface area (Å²) in [5.41, 5.74) is 0.834. The minimum Gasteiger partial charge on any atom is -0.464 e. The van der Waals surface area contributed by atoms with Gasteiger partial charge in [0.1, 0.15) is 0 Å². The van der Waals surface area contributed by atoms with Gasteiger partial charge in [0.15, 0.2) is 5.69 Å². The Bertz CT molecular complexity index is 412. The third-order valence-corrected chi connectivity index (χ3v) is 1.78. The summed E-state index contributed by atoms with van der Waals surface area (Å²) in [6.45, 7) is 0.000813. The van der Waals surface area contributed by atoms with Crippen molar-refractivity contribution in [2.24, 2.45) is 7.05 Å². The molecule has 0 aliphatic rings. The largest absolute Gasteiger partial charge is 0.464 e. The molecular formula is C10H12N2O3. The number of carbonyl (C=O) groups excluding carboxylic acids is 1. The molecule has 0 amide bonds. The van der Waals surface area contributed by atoms with E-state index >= 15 is 0 Å². The second-order valence-electron chi connectivity index (χ2n) is 2.80. The van der Waals surface area contributed by atoms with Gasteiger partial charge >= 0.3 is 5.97 Å². The molecule has 1 rings (SSSR count). The topological polar surface area (TPSA) is 64.3 Å². The second kappa shape index (κ2) is 5.17. The van der Waals surface area contributed by atoms with Crippen LogP contribution < -0.4 is 0 Å². The lowest BCUT2D eigenvalue weighted by atomic mass is 10.2. The number of esters is 1. The molecule has 0 aliphatic heterocycles. The molecule has 0 radical (unpaired) electrons. The van der Waals surface area contributed by atoms with Crippen LogP contribution in [0.5, 0.6) is 0 Å². The van der Waals surface area contributed by atoms with Crippen molar-refractivity contribution in [3.8, 4) is 11.8 Å². The number of hydrogen-bond acceptors (Lipinski definition) is 4. The van der Waals surface area contributed by atoms with Crippen LogP contribution in [0.25, 0.3) is 0 Å². The van der Waals surface area contributed by atoms with E-state index in [1.165, 1.54) is 18.0 Å². The highest BCUT2D eigenvalue weighted by atomic mass is 16.5. The predicted molar refractivity (Wildman–Crippen MR) is 53.1 cm³/mol. The van der Waals surface area contributed by atoms with Crippen LogP contribution in [0.4, 0.5) is 0 Å². The molecule has 1 aromatic rings. The number of hydrogen-bond donors (Lipinski definition) is 1. The molecule has 5 heteroatoms. The molecule has 0 aromatic carbocycles. The molecule has 0 saturated carbocycles. The molecule has 1 aromatic heterocycles. The first-order chi connectivity index (χ1) is 7.20. The lowest BCUT2D eigenvalue weighted by molar-refractivity contribution is 0.0588. The van der Waals surface area contributed by atoms with Crippen LogP contribution in [-0.4, -0.2) is 34.6 Å². The first-order valence-corrected chi connectivity index (χ1v) is 4.40. The first kappa shape index (κ1) is 11.3. The van der Waals surface area contributed by atoms with Crippen molar-refractivity contribution in [3.63, 3.8) is 0 Å². The minimum absolute atomic E-state index is 0.000813. The lowest BCUT2D eigenvalue weighted by Crippen LogP contribution is -2.09. The highest BCUT2D eigenvalue weighted by Crippen LogP contribution is 2.07. The maximum absolute atomic E-state index is 11.3. The van der Waals surface area contributed by atoms with Gasteiger partial charge in [-0.15, -0.1) is 0 Å². The van der Waals surface area contributed by atoms with E-state index in [0.717, 1.165) is 0 Å². The Balaban J connectivity index is 3.00. The van der Waals surface area contributed by atoms with E-state index in [9.17, 15) is 4.79 Å². The molecule has 0 unspecified atom stereocenters. The minimum atomic E-state index is -0.469. The summed E-state index contributed by atoms with van der Waals surface area (Å²) < 4.78 is 6.02. The van der Waals surface area contributed by atoms with E-state index in [1.54, 1.807) is 7.05 Å². The van der Waals surface area contributed by atoms with Gasteiger partial charge in [0.05, 0.1) is 25.5 Å². The van der Waals surface area contributed by atoms with Crippen molar-refractivity contribution in [1.29, 1.82) is 0 Å². The number of nitrogens with zero attached hydrogens (tertiary/aromatic N) is 2. The van der Waals surface area contributed by atoms with Crippen molar-refractivity contribution in [2.75, 3.05) is 13.7 Å². The van der Waals surface area contributed by atoms with Gasteiger partial charge in [0.2, 0.25) is 0 Å². The molecule has 0 spiro atoms. The zero-order valence-electron chi connectivity index (χ0n) is 8.65. The number of methoxy groups -OCH3 is 1. The van der Waals surface area contributed by atoms with Gasteiger partial charge in [-0.25, -0.2) is 4.79 Å². The number of aromatic nitrogens is 2. The first-order valence-electron chi connectivity index (χ1n) is 4.40. The van der Waals surface area contributed by atoms with E-state index in [4.69, 9.17) is 5.11 Å². The van der Waals surface area contributed by atoms with Gasteiger partial charge < -0.3 is 9.84 Å². The van der Waals surface area contributed by atoms with Crippen LogP contribution in [0.1, 0.15) is 22.5 Å². The van der Waals surface area contributed by atoms with Gasteiger partial charge in [-0.1, -0.05) is 11.8 Å². The normalized spacial score (nSPS) is 9.27. The van der Waals surface area contributed by atoms with Gasteiger partial charge in [0, 0.05) is 13.5 Å². The van der Waals surface area contributed by atoms with Crippen molar-refractivity contribution >= 4 is 5.97 Å². The van der Waals surface area contributed by atoms with E-state index < -0.39 is 5.97 Å². The molecule has 0 fully saturated rings.